The Morgan fingerprint density at radius 2 is 1.69 bits per heavy atom. The number of nitrogens with one attached hydrogen (secondary N) is 1. The first-order chi connectivity index (χ1) is 18.7. The maximum atomic E-state index is 13.6. The summed E-state index contributed by atoms with van der Waals surface area (Å²) in [7, 11) is 0. The molecule has 0 radical (unpaired) electrons. The number of benzene rings is 3. The number of hydrogen-bond acceptors (Lipinski definition) is 3. The average molecular weight is 531 g/mol. The summed E-state index contributed by atoms with van der Waals surface area (Å²) in [4.78, 5) is 13.4. The summed E-state index contributed by atoms with van der Waals surface area (Å²) in [6.45, 7) is 2.34. The van der Waals surface area contributed by atoms with Crippen molar-refractivity contribution in [3.63, 3.8) is 0 Å². The van der Waals surface area contributed by atoms with Crippen LogP contribution in [0.2, 0.25) is 0 Å². The number of carbonyl (C=O) groups is 1. The van der Waals surface area contributed by atoms with Crippen molar-refractivity contribution >= 4 is 17.2 Å². The normalized spacial score (nSPS) is 14.2. The van der Waals surface area contributed by atoms with E-state index in [1.807, 2.05) is 36.4 Å². The molecule has 0 atom stereocenters. The molecule has 1 heterocycles. The Balaban J connectivity index is 1.50. The lowest BCUT2D eigenvalue weighted by Gasteiger charge is -2.15. The number of rotatable bonds is 8. The Morgan fingerprint density at radius 1 is 0.974 bits per heavy atom. The molecule has 1 aromatic heterocycles. The van der Waals surface area contributed by atoms with Gasteiger partial charge in [0.1, 0.15) is 5.69 Å². The first-order valence-corrected chi connectivity index (χ1v) is 12.9. The molecular weight excluding hydrogens is 501 g/mol. The number of aromatic nitrogens is 2. The highest BCUT2D eigenvalue weighted by molar-refractivity contribution is 6.04. The van der Waals surface area contributed by atoms with Crippen molar-refractivity contribution in [1.82, 2.24) is 9.78 Å². The second-order valence-electron chi connectivity index (χ2n) is 9.90. The predicted octanol–water partition coefficient (Wildman–Crippen LogP) is 7.22. The van der Waals surface area contributed by atoms with Crippen LogP contribution in [0.25, 0.3) is 11.3 Å². The highest BCUT2D eigenvalue weighted by atomic mass is 19.4. The zero-order chi connectivity index (χ0) is 27.6. The molecular formula is C31H29F3N4O. The molecule has 1 fully saturated rings. The molecule has 1 aliphatic rings. The fourth-order valence-corrected chi connectivity index (χ4v) is 4.76. The summed E-state index contributed by atoms with van der Waals surface area (Å²) in [6.07, 6.45) is -1.24. The number of anilines is 1. The molecule has 1 amide bonds. The van der Waals surface area contributed by atoms with Crippen molar-refractivity contribution in [1.29, 1.82) is 0 Å². The van der Waals surface area contributed by atoms with Gasteiger partial charge in [-0.3, -0.25) is 4.79 Å². The van der Waals surface area contributed by atoms with Gasteiger partial charge in [-0.15, -0.1) is 0 Å². The first-order valence-electron chi connectivity index (χ1n) is 12.9. The van der Waals surface area contributed by atoms with Gasteiger partial charge < -0.3 is 11.1 Å². The second kappa shape index (κ2) is 10.9. The Morgan fingerprint density at radius 3 is 2.38 bits per heavy atom. The van der Waals surface area contributed by atoms with Crippen LogP contribution >= 0.6 is 0 Å². The fraction of sp³-hybridized carbons (Fsp3) is 0.226. The van der Waals surface area contributed by atoms with E-state index < -0.39 is 17.8 Å². The molecule has 0 aliphatic heterocycles. The van der Waals surface area contributed by atoms with E-state index in [0.717, 1.165) is 33.9 Å². The third kappa shape index (κ3) is 6.12. The van der Waals surface area contributed by atoms with Crippen LogP contribution < -0.4 is 11.1 Å². The summed E-state index contributed by atoms with van der Waals surface area (Å²) in [6, 6.07) is 24.9. The molecule has 3 N–H and O–H groups in total. The first kappa shape index (κ1) is 26.4. The van der Waals surface area contributed by atoms with E-state index in [0.29, 0.717) is 22.9 Å². The van der Waals surface area contributed by atoms with Crippen LogP contribution in [0.15, 0.2) is 90.5 Å². The number of amides is 1. The minimum atomic E-state index is -4.71. The van der Waals surface area contributed by atoms with Crippen LogP contribution in [0.4, 0.5) is 18.9 Å². The van der Waals surface area contributed by atoms with Gasteiger partial charge in [-0.2, -0.15) is 18.3 Å². The molecule has 5 nitrogen and oxygen atoms in total. The van der Waals surface area contributed by atoms with Crippen LogP contribution in [0.3, 0.4) is 0 Å². The molecule has 0 saturated heterocycles. The molecule has 1 aliphatic carbocycles. The van der Waals surface area contributed by atoms with E-state index in [-0.39, 0.29) is 12.2 Å². The third-order valence-electron chi connectivity index (χ3n) is 6.81. The second-order valence-corrected chi connectivity index (χ2v) is 9.90. The molecule has 0 bridgehead atoms. The van der Waals surface area contributed by atoms with E-state index in [9.17, 15) is 18.0 Å². The molecule has 0 unspecified atom stereocenters. The number of halogens is 3. The molecule has 5 rings (SSSR count). The van der Waals surface area contributed by atoms with E-state index in [4.69, 9.17) is 5.73 Å². The summed E-state index contributed by atoms with van der Waals surface area (Å²) < 4.78 is 41.7. The van der Waals surface area contributed by atoms with Gasteiger partial charge in [0.05, 0.1) is 5.69 Å². The van der Waals surface area contributed by atoms with Crippen LogP contribution in [-0.4, -0.2) is 15.7 Å². The molecule has 200 valence electrons. The summed E-state index contributed by atoms with van der Waals surface area (Å²) in [5.74, 6) is 0.000677. The number of carbonyl (C=O) groups excluding carboxylic acids is 1. The van der Waals surface area contributed by atoms with Crippen LogP contribution in [0, 0.1) is 5.92 Å². The monoisotopic (exact) mass is 530 g/mol. The van der Waals surface area contributed by atoms with E-state index in [1.54, 1.807) is 30.3 Å². The largest absolute Gasteiger partial charge is 0.435 e. The van der Waals surface area contributed by atoms with E-state index >= 15 is 0 Å². The number of nitrogens with zero attached hydrogens (tertiary/aromatic N) is 2. The molecule has 0 spiro atoms. The molecule has 39 heavy (non-hydrogen) atoms. The van der Waals surface area contributed by atoms with Gasteiger partial charge in [-0.05, 0) is 78.6 Å². The van der Waals surface area contributed by atoms with Crippen molar-refractivity contribution < 1.29 is 18.0 Å². The van der Waals surface area contributed by atoms with Gasteiger partial charge in [0.2, 0.25) is 0 Å². The van der Waals surface area contributed by atoms with Crippen LogP contribution in [0.5, 0.6) is 0 Å². The number of hydrogen-bond donors (Lipinski definition) is 2. The highest BCUT2D eigenvalue weighted by Crippen LogP contribution is 2.39. The third-order valence-corrected chi connectivity index (χ3v) is 6.81. The molecule has 3 aromatic carbocycles. The quantitative estimate of drug-likeness (QED) is 0.253. The van der Waals surface area contributed by atoms with Gasteiger partial charge >= 0.3 is 6.18 Å². The standard InChI is InChI=1S/C31H29F3N4O/c1-20(15-21-13-14-21)29(23-8-3-2-4-9-23)24-10-6-11-25(17-24)36-30(39)27-18-28(31(32,33)34)37-38(27)26-12-5-7-22(16-26)19-35/h2-12,16-18,21H,13-15,19,35H2,1H3,(H,36,39)/b29-20+. The van der Waals surface area contributed by atoms with Crippen LogP contribution in [-0.2, 0) is 12.7 Å². The maximum Gasteiger partial charge on any atom is 0.435 e. The minimum Gasteiger partial charge on any atom is -0.326 e. The van der Waals surface area contributed by atoms with Crippen molar-refractivity contribution in [2.45, 2.75) is 38.9 Å². The smallest absolute Gasteiger partial charge is 0.326 e. The van der Waals surface area contributed by atoms with E-state index in [1.165, 1.54) is 18.4 Å². The Hall–Kier alpha value is -4.17. The summed E-state index contributed by atoms with van der Waals surface area (Å²) in [5, 5.41) is 6.50. The van der Waals surface area contributed by atoms with E-state index in [2.05, 4.69) is 29.5 Å². The number of nitrogens with two attached hydrogens (primary N) is 1. The average Bonchev–Trinajstić information content (AvgIpc) is 3.61. The topological polar surface area (TPSA) is 72.9 Å². The molecule has 8 heteroatoms. The van der Waals surface area contributed by atoms with Crippen molar-refractivity contribution in [2.75, 3.05) is 5.32 Å². The van der Waals surface area contributed by atoms with Gasteiger partial charge in [-0.25, -0.2) is 4.68 Å². The number of allylic oxidation sites excluding steroid dienone is 1. The summed E-state index contributed by atoms with van der Waals surface area (Å²) in [5.41, 5.74) is 10.2. The lowest BCUT2D eigenvalue weighted by atomic mass is 9.91. The van der Waals surface area contributed by atoms with Gasteiger partial charge in [0.25, 0.3) is 5.91 Å². The molecule has 4 aromatic rings. The zero-order valence-electron chi connectivity index (χ0n) is 21.5. The van der Waals surface area contributed by atoms with Crippen molar-refractivity contribution in [2.24, 2.45) is 11.7 Å². The van der Waals surface area contributed by atoms with Crippen molar-refractivity contribution in [3.05, 3.63) is 119 Å². The van der Waals surface area contributed by atoms with Crippen molar-refractivity contribution in [3.8, 4) is 5.69 Å². The maximum absolute atomic E-state index is 13.6. The van der Waals surface area contributed by atoms with Crippen LogP contribution in [0.1, 0.15) is 59.1 Å². The highest BCUT2D eigenvalue weighted by Gasteiger charge is 2.36. The minimum absolute atomic E-state index is 0.201. The number of alkyl halides is 3. The lowest BCUT2D eigenvalue weighted by Crippen LogP contribution is -2.17. The fourth-order valence-electron chi connectivity index (χ4n) is 4.76. The Labute approximate surface area is 225 Å². The predicted molar refractivity (Wildman–Crippen MR) is 146 cm³/mol. The molecule has 1 saturated carbocycles. The van der Waals surface area contributed by atoms with Gasteiger partial charge in [0, 0.05) is 18.3 Å². The summed E-state index contributed by atoms with van der Waals surface area (Å²) >= 11 is 0. The Kier molecular flexibility index (Phi) is 7.39. The van der Waals surface area contributed by atoms with Gasteiger partial charge in [-0.1, -0.05) is 60.2 Å². The lowest BCUT2D eigenvalue weighted by molar-refractivity contribution is -0.141. The SMILES string of the molecule is C/C(CC1CC1)=C(/c1ccccc1)c1cccc(NC(=O)c2cc(C(F)(F)F)nn2-c2cccc(CN)c2)c1. The van der Waals surface area contributed by atoms with Gasteiger partial charge in [0.15, 0.2) is 5.69 Å². The zero-order valence-corrected chi connectivity index (χ0v) is 21.5. The Bertz CT molecular complexity index is 1520.